The number of benzene rings is 1. The summed E-state index contributed by atoms with van der Waals surface area (Å²) in [6, 6.07) is 0.293. The number of aromatic nitrogens is 1. The first-order valence-electron chi connectivity index (χ1n) is 9.74. The Balaban J connectivity index is 2.01. The summed E-state index contributed by atoms with van der Waals surface area (Å²) in [5.41, 5.74) is -3.49. The lowest BCUT2D eigenvalue weighted by Crippen LogP contribution is -2.40. The summed E-state index contributed by atoms with van der Waals surface area (Å²) in [7, 11) is 0. The van der Waals surface area contributed by atoms with Crippen molar-refractivity contribution in [3.8, 4) is 0 Å². The lowest BCUT2D eigenvalue weighted by molar-refractivity contribution is 0.0508. The number of hydrogen-bond acceptors (Lipinski definition) is 5. The van der Waals surface area contributed by atoms with E-state index in [-0.39, 0.29) is 19.4 Å². The van der Waals surface area contributed by atoms with Crippen molar-refractivity contribution in [2.24, 2.45) is 0 Å². The molecule has 0 saturated carbocycles. The Morgan fingerprint density at radius 1 is 1.31 bits per heavy atom. The molecule has 1 unspecified atom stereocenters. The number of aromatic carboxylic acids is 1. The van der Waals surface area contributed by atoms with E-state index in [4.69, 9.17) is 4.74 Å². The van der Waals surface area contributed by atoms with Gasteiger partial charge in [-0.05, 0) is 33.3 Å². The minimum atomic E-state index is -1.61. The van der Waals surface area contributed by atoms with Gasteiger partial charge in [-0.3, -0.25) is 4.79 Å². The minimum Gasteiger partial charge on any atom is -0.477 e. The monoisotopic (exact) mass is 453 g/mol. The minimum absolute atomic E-state index is 0.0364. The van der Waals surface area contributed by atoms with E-state index in [2.05, 4.69) is 5.32 Å². The fourth-order valence-corrected chi connectivity index (χ4v) is 3.61. The number of halogens is 3. The number of anilines is 1. The topological polar surface area (TPSA) is 101 Å². The van der Waals surface area contributed by atoms with Crippen LogP contribution in [0.3, 0.4) is 0 Å². The van der Waals surface area contributed by atoms with Crippen LogP contribution in [0.25, 0.3) is 17.1 Å². The third kappa shape index (κ3) is 4.56. The molecule has 0 aliphatic carbocycles. The van der Waals surface area contributed by atoms with Gasteiger partial charge in [-0.1, -0.05) is 0 Å². The highest BCUT2D eigenvalue weighted by molar-refractivity contribution is 5.94. The number of carboxylic acid groups (broad SMARTS) is 1. The highest BCUT2D eigenvalue weighted by atomic mass is 19.1. The van der Waals surface area contributed by atoms with E-state index in [0.717, 1.165) is 23.0 Å². The molecule has 1 saturated heterocycles. The van der Waals surface area contributed by atoms with Crippen LogP contribution in [0.4, 0.5) is 23.7 Å². The molecule has 32 heavy (non-hydrogen) atoms. The molecule has 1 atom stereocenters. The van der Waals surface area contributed by atoms with Crippen molar-refractivity contribution in [3.05, 3.63) is 46.0 Å². The lowest BCUT2D eigenvalue weighted by Gasteiger charge is -2.23. The van der Waals surface area contributed by atoms with E-state index >= 15 is 4.39 Å². The summed E-state index contributed by atoms with van der Waals surface area (Å²) in [5, 5.41) is 11.3. The molecule has 1 aliphatic rings. The standard InChI is InChI=1S/C21H22F3N3O5/c1-21(2,3)32-20(31)25-11-4-6-26(9-11)17-14(23)8-12-16(15(17)24)27(7-5-22)10-13(18(12)28)19(29)30/h5,7-8,10-11H,4,6,9H2,1-3H3,(H,25,31)(H,29,30)/b7-5-. The van der Waals surface area contributed by atoms with E-state index in [1.807, 2.05) is 0 Å². The number of carboxylic acids is 1. The van der Waals surface area contributed by atoms with Crippen LogP contribution >= 0.6 is 0 Å². The maximum Gasteiger partial charge on any atom is 0.407 e. The van der Waals surface area contributed by atoms with Gasteiger partial charge in [0, 0.05) is 25.5 Å². The van der Waals surface area contributed by atoms with Crippen molar-refractivity contribution in [1.82, 2.24) is 9.88 Å². The zero-order chi connectivity index (χ0) is 23.8. The number of nitrogens with zero attached hydrogens (tertiary/aromatic N) is 2. The Labute approximate surface area is 180 Å². The first-order valence-corrected chi connectivity index (χ1v) is 9.74. The molecule has 1 aromatic heterocycles. The second-order valence-corrected chi connectivity index (χ2v) is 8.35. The smallest absolute Gasteiger partial charge is 0.407 e. The van der Waals surface area contributed by atoms with E-state index in [9.17, 15) is 28.3 Å². The van der Waals surface area contributed by atoms with Gasteiger partial charge in [0.15, 0.2) is 5.82 Å². The molecule has 2 aromatic rings. The normalized spacial score (nSPS) is 16.7. The van der Waals surface area contributed by atoms with Gasteiger partial charge >= 0.3 is 12.1 Å². The third-order valence-electron chi connectivity index (χ3n) is 4.86. The van der Waals surface area contributed by atoms with E-state index in [1.165, 1.54) is 4.90 Å². The largest absolute Gasteiger partial charge is 0.477 e. The average molecular weight is 453 g/mol. The van der Waals surface area contributed by atoms with Crippen molar-refractivity contribution in [2.75, 3.05) is 18.0 Å². The van der Waals surface area contributed by atoms with E-state index in [1.54, 1.807) is 20.8 Å². The summed E-state index contributed by atoms with van der Waals surface area (Å²) in [6.45, 7) is 5.36. The number of amides is 1. The highest BCUT2D eigenvalue weighted by Crippen LogP contribution is 2.32. The fourth-order valence-electron chi connectivity index (χ4n) is 3.61. The number of nitrogens with one attached hydrogen (secondary N) is 1. The van der Waals surface area contributed by atoms with Gasteiger partial charge in [0.25, 0.3) is 0 Å². The molecule has 0 bridgehead atoms. The molecule has 3 rings (SSSR count). The van der Waals surface area contributed by atoms with Crippen molar-refractivity contribution < 1.29 is 32.6 Å². The van der Waals surface area contributed by atoms with Gasteiger partial charge in [-0.15, -0.1) is 0 Å². The SMILES string of the molecule is CC(C)(C)OC(=O)NC1CCN(c2c(F)cc3c(=O)c(C(=O)O)cn(/C=C\F)c3c2F)C1. The molecular formula is C21H22F3N3O5. The van der Waals surface area contributed by atoms with Crippen molar-refractivity contribution >= 4 is 34.9 Å². The molecule has 11 heteroatoms. The van der Waals surface area contributed by atoms with Crippen LogP contribution in [0.2, 0.25) is 0 Å². The zero-order valence-electron chi connectivity index (χ0n) is 17.6. The van der Waals surface area contributed by atoms with Crippen LogP contribution in [0.1, 0.15) is 37.6 Å². The molecule has 1 aliphatic heterocycles. The molecule has 1 amide bonds. The van der Waals surface area contributed by atoms with Crippen molar-refractivity contribution in [3.63, 3.8) is 0 Å². The fraction of sp³-hybridized carbons (Fsp3) is 0.381. The molecule has 0 spiro atoms. The van der Waals surface area contributed by atoms with Crippen LogP contribution < -0.4 is 15.6 Å². The lowest BCUT2D eigenvalue weighted by atomic mass is 10.1. The van der Waals surface area contributed by atoms with Crippen LogP contribution in [0, 0.1) is 11.6 Å². The number of alkyl carbamates (subject to hydrolysis) is 1. The van der Waals surface area contributed by atoms with Gasteiger partial charge in [-0.2, -0.15) is 0 Å². The summed E-state index contributed by atoms with van der Waals surface area (Å²) in [4.78, 5) is 37.1. The molecular weight excluding hydrogens is 431 g/mol. The molecule has 1 fully saturated rings. The second-order valence-electron chi connectivity index (χ2n) is 8.35. The number of carbonyl (C=O) groups excluding carboxylic acids is 1. The van der Waals surface area contributed by atoms with Crippen LogP contribution in [-0.4, -0.2) is 46.5 Å². The second kappa shape index (κ2) is 8.56. The highest BCUT2D eigenvalue weighted by Gasteiger charge is 2.31. The maximum atomic E-state index is 15.4. The number of hydrogen-bond donors (Lipinski definition) is 2. The number of pyridine rings is 1. The van der Waals surface area contributed by atoms with Gasteiger partial charge in [0.05, 0.1) is 16.9 Å². The van der Waals surface area contributed by atoms with Crippen LogP contribution in [0.15, 0.2) is 23.4 Å². The van der Waals surface area contributed by atoms with Gasteiger partial charge < -0.3 is 24.6 Å². The number of rotatable bonds is 4. The van der Waals surface area contributed by atoms with Crippen molar-refractivity contribution in [1.29, 1.82) is 0 Å². The Morgan fingerprint density at radius 3 is 2.59 bits per heavy atom. The Hall–Kier alpha value is -3.50. The predicted molar refractivity (Wildman–Crippen MR) is 112 cm³/mol. The van der Waals surface area contributed by atoms with E-state index < -0.39 is 62.9 Å². The molecule has 2 heterocycles. The van der Waals surface area contributed by atoms with Gasteiger partial charge in [-0.25, -0.2) is 22.8 Å². The Kier molecular flexibility index (Phi) is 6.20. The molecule has 172 valence electrons. The van der Waals surface area contributed by atoms with Gasteiger partial charge in [0.1, 0.15) is 29.0 Å². The first-order chi connectivity index (χ1) is 14.9. The van der Waals surface area contributed by atoms with Gasteiger partial charge in [0.2, 0.25) is 5.43 Å². The summed E-state index contributed by atoms with van der Waals surface area (Å²) in [5.74, 6) is -3.84. The molecule has 1 aromatic carbocycles. The van der Waals surface area contributed by atoms with Crippen LogP contribution in [-0.2, 0) is 4.74 Å². The zero-order valence-corrected chi connectivity index (χ0v) is 17.6. The quantitative estimate of drug-likeness (QED) is 0.735. The maximum absolute atomic E-state index is 15.4. The summed E-state index contributed by atoms with van der Waals surface area (Å²) >= 11 is 0. The summed E-state index contributed by atoms with van der Waals surface area (Å²) in [6.07, 6.45) is 1.24. The van der Waals surface area contributed by atoms with Crippen LogP contribution in [0.5, 0.6) is 0 Å². The average Bonchev–Trinajstić information content (AvgIpc) is 3.09. The predicted octanol–water partition coefficient (Wildman–Crippen LogP) is 3.48. The number of ether oxygens (including phenoxy) is 1. The Morgan fingerprint density at radius 2 is 2.00 bits per heavy atom. The number of fused-ring (bicyclic) bond motifs is 1. The molecule has 2 N–H and O–H groups in total. The molecule has 0 radical (unpaired) electrons. The van der Waals surface area contributed by atoms with Crippen molar-refractivity contribution in [2.45, 2.75) is 38.8 Å². The first kappa shape index (κ1) is 23.2. The van der Waals surface area contributed by atoms with E-state index in [0.29, 0.717) is 6.42 Å². The Bertz CT molecular complexity index is 1170. The third-order valence-corrected chi connectivity index (χ3v) is 4.86. The molecule has 8 nitrogen and oxygen atoms in total. The number of carbonyl (C=O) groups is 2. The summed E-state index contributed by atoms with van der Waals surface area (Å²) < 4.78 is 49.2.